The van der Waals surface area contributed by atoms with Gasteiger partial charge in [0.2, 0.25) is 0 Å². The van der Waals surface area contributed by atoms with Crippen molar-refractivity contribution in [3.63, 3.8) is 0 Å². The summed E-state index contributed by atoms with van der Waals surface area (Å²) in [6.07, 6.45) is 2.61. The number of carboxylic acid groups (broad SMARTS) is 1. The molecule has 2 N–H and O–H groups in total. The van der Waals surface area contributed by atoms with Gasteiger partial charge in [0.25, 0.3) is 5.91 Å². The van der Waals surface area contributed by atoms with Gasteiger partial charge < -0.3 is 10.4 Å². The molecule has 1 saturated carbocycles. The van der Waals surface area contributed by atoms with Crippen molar-refractivity contribution in [2.24, 2.45) is 5.92 Å². The number of nitrogens with one attached hydrogen (secondary N) is 1. The number of hydrogen-bond donors (Lipinski definition) is 2. The van der Waals surface area contributed by atoms with Gasteiger partial charge in [-0.15, -0.1) is 0 Å². The zero-order chi connectivity index (χ0) is 18.0. The Hall–Kier alpha value is -2.63. The van der Waals surface area contributed by atoms with E-state index in [4.69, 9.17) is 0 Å². The van der Waals surface area contributed by atoms with E-state index in [1.165, 1.54) is 0 Å². The Morgan fingerprint density at radius 2 is 2.08 bits per heavy atom. The fraction of sp³-hybridized carbons (Fsp3) is 0.421. The van der Waals surface area contributed by atoms with Crippen LogP contribution >= 0.6 is 0 Å². The van der Waals surface area contributed by atoms with Crippen LogP contribution in [0.4, 0.5) is 0 Å². The summed E-state index contributed by atoms with van der Waals surface area (Å²) in [6, 6.07) is 8.43. The summed E-state index contributed by atoms with van der Waals surface area (Å²) in [5, 5.41) is 16.4. The van der Waals surface area contributed by atoms with Crippen molar-refractivity contribution in [1.82, 2.24) is 15.1 Å². The third-order valence-electron chi connectivity index (χ3n) is 4.49. The zero-order valence-electron chi connectivity index (χ0n) is 14.5. The highest BCUT2D eigenvalue weighted by atomic mass is 16.4. The summed E-state index contributed by atoms with van der Waals surface area (Å²) >= 11 is 0. The number of aryl methyl sites for hydroxylation is 2. The Labute approximate surface area is 146 Å². The molecule has 1 amide bonds. The van der Waals surface area contributed by atoms with Crippen LogP contribution in [0.2, 0.25) is 0 Å². The molecule has 1 aliphatic carbocycles. The molecule has 6 heteroatoms. The van der Waals surface area contributed by atoms with Crippen molar-refractivity contribution >= 4 is 11.9 Å². The minimum absolute atomic E-state index is 0.344. The van der Waals surface area contributed by atoms with Gasteiger partial charge in [-0.3, -0.25) is 9.48 Å². The summed E-state index contributed by atoms with van der Waals surface area (Å²) in [5.41, 5.74) is 3.44. The first-order valence-electron chi connectivity index (χ1n) is 8.56. The first-order chi connectivity index (χ1) is 11.9. The van der Waals surface area contributed by atoms with Crippen LogP contribution in [0.25, 0.3) is 0 Å². The Balaban J connectivity index is 1.70. The topological polar surface area (TPSA) is 84.2 Å². The molecule has 0 aliphatic heterocycles. The van der Waals surface area contributed by atoms with E-state index in [1.54, 1.807) is 12.1 Å². The molecule has 1 aliphatic rings. The molecule has 1 heterocycles. The van der Waals surface area contributed by atoms with Crippen LogP contribution in [-0.2, 0) is 11.3 Å². The Kier molecular flexibility index (Phi) is 4.88. The maximum atomic E-state index is 12.4. The van der Waals surface area contributed by atoms with E-state index >= 15 is 0 Å². The van der Waals surface area contributed by atoms with Gasteiger partial charge in [0, 0.05) is 11.3 Å². The lowest BCUT2D eigenvalue weighted by atomic mass is 10.1. The number of amides is 1. The number of rotatable bonds is 7. The maximum Gasteiger partial charge on any atom is 0.326 e. The lowest BCUT2D eigenvalue weighted by Crippen LogP contribution is -2.41. The Bertz CT molecular complexity index is 793. The van der Waals surface area contributed by atoms with E-state index in [9.17, 15) is 14.7 Å². The average molecular weight is 341 g/mol. The van der Waals surface area contributed by atoms with Crippen LogP contribution in [0.15, 0.2) is 30.3 Å². The van der Waals surface area contributed by atoms with Crippen molar-refractivity contribution in [3.05, 3.63) is 52.8 Å². The van der Waals surface area contributed by atoms with Crippen molar-refractivity contribution in [1.29, 1.82) is 0 Å². The number of aliphatic carboxylic acids is 1. The first-order valence-corrected chi connectivity index (χ1v) is 8.56. The molecule has 0 radical (unpaired) electrons. The molecule has 1 unspecified atom stereocenters. The van der Waals surface area contributed by atoms with Gasteiger partial charge in [-0.1, -0.05) is 25.0 Å². The van der Waals surface area contributed by atoms with Crippen molar-refractivity contribution in [2.75, 3.05) is 0 Å². The molecule has 3 rings (SSSR count). The number of nitrogens with zero attached hydrogens (tertiary/aromatic N) is 2. The molecule has 2 aromatic rings. The van der Waals surface area contributed by atoms with Crippen LogP contribution in [-0.4, -0.2) is 32.8 Å². The number of hydrogen-bond acceptors (Lipinski definition) is 3. The molecular formula is C19H23N3O3. The fourth-order valence-corrected chi connectivity index (χ4v) is 2.97. The van der Waals surface area contributed by atoms with Gasteiger partial charge in [-0.05, 0) is 49.9 Å². The fourth-order valence-electron chi connectivity index (χ4n) is 2.97. The molecule has 25 heavy (non-hydrogen) atoms. The second kappa shape index (κ2) is 7.09. The van der Waals surface area contributed by atoms with Crippen molar-refractivity contribution in [2.45, 2.75) is 45.7 Å². The summed E-state index contributed by atoms with van der Waals surface area (Å²) in [4.78, 5) is 23.8. The first kappa shape index (κ1) is 17.2. The predicted octanol–water partition coefficient (Wildman–Crippen LogP) is 2.53. The van der Waals surface area contributed by atoms with E-state index in [0.717, 1.165) is 29.8 Å². The van der Waals surface area contributed by atoms with E-state index in [0.29, 0.717) is 24.4 Å². The van der Waals surface area contributed by atoms with Gasteiger partial charge in [0.05, 0.1) is 12.2 Å². The lowest BCUT2D eigenvalue weighted by molar-refractivity contribution is -0.139. The molecule has 0 spiro atoms. The number of aromatic nitrogens is 2. The van der Waals surface area contributed by atoms with Gasteiger partial charge in [0.1, 0.15) is 6.04 Å². The Morgan fingerprint density at radius 3 is 2.68 bits per heavy atom. The maximum absolute atomic E-state index is 12.4. The molecule has 132 valence electrons. The highest BCUT2D eigenvalue weighted by Crippen LogP contribution is 2.33. The summed E-state index contributed by atoms with van der Waals surface area (Å²) in [5.74, 6) is -0.888. The van der Waals surface area contributed by atoms with E-state index in [1.807, 2.05) is 36.7 Å². The van der Waals surface area contributed by atoms with Gasteiger partial charge in [-0.25, -0.2) is 4.79 Å². The molecule has 6 nitrogen and oxygen atoms in total. The number of benzene rings is 1. The van der Waals surface area contributed by atoms with Gasteiger partial charge in [-0.2, -0.15) is 5.10 Å². The normalized spacial score (nSPS) is 15.0. The lowest BCUT2D eigenvalue weighted by Gasteiger charge is -2.14. The standard InChI is InChI=1S/C19H23N3O3/c1-12-8-13(2)22(21-12)11-15-4-3-5-16(9-15)18(23)20-17(19(24)25)10-14-6-7-14/h3-5,8-9,14,17H,6-7,10-11H2,1-2H3,(H,20,23)(H,24,25). The van der Waals surface area contributed by atoms with Crippen LogP contribution in [0.1, 0.15) is 46.6 Å². The van der Waals surface area contributed by atoms with E-state index in [2.05, 4.69) is 10.4 Å². The Morgan fingerprint density at radius 1 is 1.32 bits per heavy atom. The zero-order valence-corrected chi connectivity index (χ0v) is 14.5. The number of carbonyl (C=O) groups excluding carboxylic acids is 1. The minimum atomic E-state index is -0.973. The molecule has 1 atom stereocenters. The van der Waals surface area contributed by atoms with Crippen LogP contribution in [0.5, 0.6) is 0 Å². The molecule has 1 aromatic heterocycles. The number of carbonyl (C=O) groups is 2. The molecule has 0 bridgehead atoms. The highest BCUT2D eigenvalue weighted by Gasteiger charge is 2.30. The summed E-state index contributed by atoms with van der Waals surface area (Å²) < 4.78 is 1.89. The average Bonchev–Trinajstić information content (AvgIpc) is 3.32. The molecule has 0 saturated heterocycles. The molecule has 1 aromatic carbocycles. The van der Waals surface area contributed by atoms with Crippen molar-refractivity contribution < 1.29 is 14.7 Å². The van der Waals surface area contributed by atoms with Gasteiger partial charge in [0.15, 0.2) is 0 Å². The number of carboxylic acids is 1. The van der Waals surface area contributed by atoms with Gasteiger partial charge >= 0.3 is 5.97 Å². The SMILES string of the molecule is Cc1cc(C)n(Cc2cccc(C(=O)NC(CC3CC3)C(=O)O)c2)n1. The van der Waals surface area contributed by atoms with E-state index < -0.39 is 12.0 Å². The quantitative estimate of drug-likeness (QED) is 0.810. The summed E-state index contributed by atoms with van der Waals surface area (Å²) in [7, 11) is 0. The van der Waals surface area contributed by atoms with Crippen molar-refractivity contribution in [3.8, 4) is 0 Å². The monoisotopic (exact) mass is 341 g/mol. The van der Waals surface area contributed by atoms with Crippen LogP contribution in [0.3, 0.4) is 0 Å². The largest absolute Gasteiger partial charge is 0.480 e. The molecular weight excluding hydrogens is 318 g/mol. The second-order valence-electron chi connectivity index (χ2n) is 6.83. The third kappa shape index (κ3) is 4.47. The smallest absolute Gasteiger partial charge is 0.326 e. The molecule has 1 fully saturated rings. The van der Waals surface area contributed by atoms with Crippen LogP contribution in [0, 0.1) is 19.8 Å². The highest BCUT2D eigenvalue weighted by molar-refractivity contribution is 5.96. The van der Waals surface area contributed by atoms with E-state index in [-0.39, 0.29) is 5.91 Å². The summed E-state index contributed by atoms with van der Waals surface area (Å²) in [6.45, 7) is 4.51. The van der Waals surface area contributed by atoms with Crippen LogP contribution < -0.4 is 5.32 Å². The third-order valence-corrected chi connectivity index (χ3v) is 4.49. The minimum Gasteiger partial charge on any atom is -0.480 e. The second-order valence-corrected chi connectivity index (χ2v) is 6.83. The predicted molar refractivity (Wildman–Crippen MR) is 93.5 cm³/mol.